The van der Waals surface area contributed by atoms with Crippen LogP contribution in [-0.2, 0) is 44.0 Å². The molecule has 1 aliphatic heterocycles. The molecule has 0 N–H and O–H groups in total. The van der Waals surface area contributed by atoms with Crippen LogP contribution in [0.15, 0.2) is 52.9 Å². The van der Waals surface area contributed by atoms with Gasteiger partial charge in [-0.15, -0.1) is 0 Å². The Hall–Kier alpha value is -1.80. The quantitative estimate of drug-likeness (QED) is 0.101. The first kappa shape index (κ1) is 31.4. The molecule has 0 aliphatic carbocycles. The molecule has 1 aliphatic rings. The fourth-order valence-corrected chi connectivity index (χ4v) is 5.70. The Bertz CT molecular complexity index is 907. The third-order valence-electron chi connectivity index (χ3n) is 5.81. The smallest absolute Gasteiger partial charge is 0.360 e. The molecular formula is C28H43O8P. The Balaban J connectivity index is 2.42. The predicted octanol–water partition coefficient (Wildman–Crippen LogP) is 6.55. The number of carbonyl (C=O) groups excluding carboxylic acids is 1. The van der Waals surface area contributed by atoms with Gasteiger partial charge < -0.3 is 28.0 Å². The molecule has 0 bridgehead atoms. The average molecular weight is 539 g/mol. The van der Waals surface area contributed by atoms with Gasteiger partial charge in [-0.1, -0.05) is 35.9 Å². The van der Waals surface area contributed by atoms with Gasteiger partial charge in [0.25, 0.3) is 0 Å². The second kappa shape index (κ2) is 16.9. The van der Waals surface area contributed by atoms with Crippen molar-refractivity contribution in [3.63, 3.8) is 0 Å². The predicted molar refractivity (Wildman–Crippen MR) is 143 cm³/mol. The molecule has 0 radical (unpaired) electrons. The van der Waals surface area contributed by atoms with Gasteiger partial charge in [-0.2, -0.15) is 0 Å². The van der Waals surface area contributed by atoms with E-state index in [4.69, 9.17) is 28.0 Å². The molecule has 1 saturated heterocycles. The fourth-order valence-electron chi connectivity index (χ4n) is 3.87. The Morgan fingerprint density at radius 2 is 1.78 bits per heavy atom. The number of carbonyl (C=O) groups is 1. The van der Waals surface area contributed by atoms with Crippen molar-refractivity contribution in [3.05, 3.63) is 58.4 Å². The van der Waals surface area contributed by atoms with Crippen molar-refractivity contribution < 1.29 is 37.4 Å². The molecule has 8 nitrogen and oxygen atoms in total. The van der Waals surface area contributed by atoms with Gasteiger partial charge >= 0.3 is 13.6 Å². The Kier molecular flexibility index (Phi) is 14.4. The van der Waals surface area contributed by atoms with E-state index in [0.717, 1.165) is 36.0 Å². The van der Waals surface area contributed by atoms with Crippen molar-refractivity contribution in [1.29, 1.82) is 0 Å². The van der Waals surface area contributed by atoms with Crippen molar-refractivity contribution in [2.45, 2.75) is 79.3 Å². The highest BCUT2D eigenvalue weighted by Crippen LogP contribution is 2.58. The number of rotatable bonds is 16. The Labute approximate surface area is 221 Å². The van der Waals surface area contributed by atoms with Gasteiger partial charge in [-0.3, -0.25) is 4.57 Å². The molecule has 2 rings (SSSR count). The molecule has 0 aromatic heterocycles. The maximum atomic E-state index is 14.0. The zero-order valence-corrected chi connectivity index (χ0v) is 23.8. The van der Waals surface area contributed by atoms with Crippen LogP contribution in [0, 0.1) is 0 Å². The summed E-state index contributed by atoms with van der Waals surface area (Å²) in [7, 11) is -3.87. The highest BCUT2D eigenvalue weighted by molar-refractivity contribution is 7.58. The van der Waals surface area contributed by atoms with Crippen LogP contribution in [-0.4, -0.2) is 51.4 Å². The number of hydrogen-bond donors (Lipinski definition) is 0. The van der Waals surface area contributed by atoms with Gasteiger partial charge in [-0.25, -0.2) is 4.79 Å². The van der Waals surface area contributed by atoms with Crippen molar-refractivity contribution in [2.75, 3.05) is 33.0 Å². The van der Waals surface area contributed by atoms with Crippen LogP contribution in [0.4, 0.5) is 0 Å². The molecule has 1 heterocycles. The molecule has 37 heavy (non-hydrogen) atoms. The number of benzene rings is 1. The van der Waals surface area contributed by atoms with E-state index in [2.05, 4.69) is 0 Å². The second-order valence-corrected chi connectivity index (χ2v) is 10.9. The molecule has 0 spiro atoms. The van der Waals surface area contributed by atoms with Crippen LogP contribution in [0.5, 0.6) is 0 Å². The highest BCUT2D eigenvalue weighted by Gasteiger charge is 2.37. The summed E-state index contributed by atoms with van der Waals surface area (Å²) >= 11 is 0. The van der Waals surface area contributed by atoms with Crippen molar-refractivity contribution >= 4 is 13.6 Å². The number of ether oxygens (including phenoxy) is 4. The molecular weight excluding hydrogens is 495 g/mol. The molecule has 1 aromatic carbocycles. The first-order valence-corrected chi connectivity index (χ1v) is 14.7. The van der Waals surface area contributed by atoms with E-state index in [0.29, 0.717) is 19.6 Å². The first-order valence-electron chi connectivity index (χ1n) is 13.1. The third kappa shape index (κ3) is 10.8. The van der Waals surface area contributed by atoms with Crippen LogP contribution in [0.2, 0.25) is 0 Å². The summed E-state index contributed by atoms with van der Waals surface area (Å²) < 4.78 is 48.6. The lowest BCUT2D eigenvalue weighted by Gasteiger charge is -2.29. The Morgan fingerprint density at radius 3 is 2.35 bits per heavy atom. The molecule has 0 amide bonds. The highest BCUT2D eigenvalue weighted by atomic mass is 31.2. The summed E-state index contributed by atoms with van der Waals surface area (Å²) in [5, 5.41) is 0.137. The minimum atomic E-state index is -3.87. The number of esters is 1. The van der Waals surface area contributed by atoms with Gasteiger partial charge in [0, 0.05) is 19.1 Å². The van der Waals surface area contributed by atoms with E-state index in [9.17, 15) is 9.36 Å². The van der Waals surface area contributed by atoms with Crippen molar-refractivity contribution in [3.8, 4) is 0 Å². The van der Waals surface area contributed by atoms with Crippen LogP contribution in [0.25, 0.3) is 0 Å². The second-order valence-electron chi connectivity index (χ2n) is 8.85. The van der Waals surface area contributed by atoms with E-state index in [1.54, 1.807) is 20.8 Å². The zero-order chi connectivity index (χ0) is 27.1. The third-order valence-corrected chi connectivity index (χ3v) is 8.06. The fraction of sp³-hybridized carbons (Fsp3) is 0.607. The average Bonchev–Trinajstić information content (AvgIpc) is 2.88. The van der Waals surface area contributed by atoms with Gasteiger partial charge in [0.05, 0.1) is 44.5 Å². The lowest BCUT2D eigenvalue weighted by molar-refractivity contribution is -0.157. The van der Waals surface area contributed by atoms with Gasteiger partial charge in [-0.05, 0) is 65.0 Å². The standard InChI is InChI=1S/C28H43O8P/c1-6-31-27(29)19-26(37(30,35-7-2)36-8-3)25(33-20-23-14-10-9-11-15-23)18-24(22(4)5)21-34-28-16-12-13-17-32-28/h9-11,14-15,19,25,28H,6-8,12-13,16-18,20-21H2,1-5H3/b26-19-/t25-,28?/m0/s1. The summed E-state index contributed by atoms with van der Waals surface area (Å²) in [5.41, 5.74) is 2.94. The molecule has 1 fully saturated rings. The Morgan fingerprint density at radius 1 is 1.08 bits per heavy atom. The van der Waals surface area contributed by atoms with E-state index >= 15 is 0 Å². The van der Waals surface area contributed by atoms with Crippen LogP contribution in [0.3, 0.4) is 0 Å². The lowest BCUT2D eigenvalue weighted by Crippen LogP contribution is -2.25. The van der Waals surface area contributed by atoms with Crippen molar-refractivity contribution in [1.82, 2.24) is 0 Å². The molecule has 208 valence electrons. The minimum absolute atomic E-state index is 0.137. The summed E-state index contributed by atoms with van der Waals surface area (Å²) in [6, 6.07) is 9.67. The van der Waals surface area contributed by atoms with E-state index < -0.39 is 19.7 Å². The van der Waals surface area contributed by atoms with Crippen LogP contribution >= 0.6 is 7.60 Å². The van der Waals surface area contributed by atoms with Crippen LogP contribution in [0.1, 0.15) is 65.9 Å². The molecule has 9 heteroatoms. The monoisotopic (exact) mass is 538 g/mol. The summed E-state index contributed by atoms with van der Waals surface area (Å²) in [4.78, 5) is 12.6. The molecule has 1 unspecified atom stereocenters. The van der Waals surface area contributed by atoms with Crippen molar-refractivity contribution in [2.24, 2.45) is 0 Å². The molecule has 0 saturated carbocycles. The lowest BCUT2D eigenvalue weighted by atomic mass is 10.0. The summed E-state index contributed by atoms with van der Waals surface area (Å²) in [6.45, 7) is 10.9. The van der Waals surface area contributed by atoms with Gasteiger partial charge in [0.2, 0.25) is 0 Å². The number of hydrogen-bond acceptors (Lipinski definition) is 8. The first-order chi connectivity index (χ1) is 17.8. The summed E-state index contributed by atoms with van der Waals surface area (Å²) in [6.07, 6.45) is 3.46. The van der Waals surface area contributed by atoms with Gasteiger partial charge in [0.15, 0.2) is 6.29 Å². The SMILES string of the molecule is CCOC(=O)/C=C(/[C@H](CC(COC1CCCCO1)=C(C)C)OCc1ccccc1)P(=O)(OCC)OCC. The molecule has 1 aromatic rings. The van der Waals surface area contributed by atoms with E-state index in [1.807, 2.05) is 44.2 Å². The maximum absolute atomic E-state index is 14.0. The summed E-state index contributed by atoms with van der Waals surface area (Å²) in [5.74, 6) is -0.629. The maximum Gasteiger partial charge on any atom is 0.360 e. The topological polar surface area (TPSA) is 89.5 Å². The molecule has 2 atom stereocenters. The van der Waals surface area contributed by atoms with Crippen LogP contribution < -0.4 is 0 Å². The minimum Gasteiger partial charge on any atom is -0.463 e. The largest absolute Gasteiger partial charge is 0.463 e. The van der Waals surface area contributed by atoms with E-state index in [1.165, 1.54) is 6.08 Å². The van der Waals surface area contributed by atoms with E-state index in [-0.39, 0.29) is 38.0 Å². The van der Waals surface area contributed by atoms with Gasteiger partial charge in [0.1, 0.15) is 0 Å². The number of allylic oxidation sites excluding steroid dienone is 1. The normalized spacial score (nSPS) is 17.3. The zero-order valence-electron chi connectivity index (χ0n) is 22.9.